The number of rotatable bonds is 8. The molecule has 0 spiro atoms. The first kappa shape index (κ1) is 16.7. The first-order valence-corrected chi connectivity index (χ1v) is 8.52. The maximum atomic E-state index is 6.06. The molecule has 0 atom stereocenters. The van der Waals surface area contributed by atoms with E-state index in [9.17, 15) is 0 Å². The maximum absolute atomic E-state index is 6.06. The molecule has 1 aromatic carbocycles. The van der Waals surface area contributed by atoms with Gasteiger partial charge in [-0.3, -0.25) is 4.99 Å². The van der Waals surface area contributed by atoms with E-state index in [1.54, 1.807) is 0 Å². The number of nitrogens with one attached hydrogen (secondary N) is 2. The van der Waals surface area contributed by atoms with E-state index in [0.29, 0.717) is 6.10 Å². The summed E-state index contributed by atoms with van der Waals surface area (Å²) >= 11 is 0. The SMILES string of the molecule is CCCCCNC(=NC)NCc1ccccc1OC1CCC1. The van der Waals surface area contributed by atoms with Crippen LogP contribution in [0.1, 0.15) is 51.0 Å². The standard InChI is InChI=1S/C18H29N3O/c1-3-4-7-13-20-18(19-2)21-14-15-9-5-6-12-17(15)22-16-10-8-11-16/h5-6,9,12,16H,3-4,7-8,10-11,13-14H2,1-2H3,(H2,19,20,21). The number of hydrogen-bond acceptors (Lipinski definition) is 2. The molecular weight excluding hydrogens is 274 g/mol. The number of para-hydroxylation sites is 1. The summed E-state index contributed by atoms with van der Waals surface area (Å²) in [4.78, 5) is 4.27. The highest BCUT2D eigenvalue weighted by atomic mass is 16.5. The quantitative estimate of drug-likeness (QED) is 0.439. The summed E-state index contributed by atoms with van der Waals surface area (Å²) in [6, 6.07) is 8.27. The molecule has 1 aromatic rings. The smallest absolute Gasteiger partial charge is 0.191 e. The third-order valence-electron chi connectivity index (χ3n) is 4.06. The molecule has 0 aliphatic heterocycles. The van der Waals surface area contributed by atoms with Gasteiger partial charge < -0.3 is 15.4 Å². The Hall–Kier alpha value is -1.71. The van der Waals surface area contributed by atoms with Crippen molar-refractivity contribution < 1.29 is 4.74 Å². The molecule has 4 nitrogen and oxygen atoms in total. The average Bonchev–Trinajstić information content (AvgIpc) is 2.51. The fourth-order valence-electron chi connectivity index (χ4n) is 2.41. The lowest BCUT2D eigenvalue weighted by Gasteiger charge is -2.27. The molecule has 1 aliphatic rings. The Morgan fingerprint density at radius 3 is 2.73 bits per heavy atom. The van der Waals surface area contributed by atoms with Crippen LogP contribution >= 0.6 is 0 Å². The normalized spacial score (nSPS) is 15.3. The molecule has 0 aromatic heterocycles. The number of guanidine groups is 1. The van der Waals surface area contributed by atoms with Crippen molar-refractivity contribution in [1.82, 2.24) is 10.6 Å². The summed E-state index contributed by atoms with van der Waals surface area (Å²) < 4.78 is 6.06. The Kier molecular flexibility index (Phi) is 7.07. The van der Waals surface area contributed by atoms with Crippen molar-refractivity contribution in [3.05, 3.63) is 29.8 Å². The van der Waals surface area contributed by atoms with Crippen LogP contribution in [0.4, 0.5) is 0 Å². The van der Waals surface area contributed by atoms with Crippen LogP contribution in [0.3, 0.4) is 0 Å². The van der Waals surface area contributed by atoms with Gasteiger partial charge >= 0.3 is 0 Å². The van der Waals surface area contributed by atoms with Crippen molar-refractivity contribution >= 4 is 5.96 Å². The van der Waals surface area contributed by atoms with Crippen molar-refractivity contribution in [3.63, 3.8) is 0 Å². The van der Waals surface area contributed by atoms with Gasteiger partial charge in [-0.15, -0.1) is 0 Å². The molecule has 2 N–H and O–H groups in total. The van der Waals surface area contributed by atoms with Gasteiger partial charge in [-0.05, 0) is 31.7 Å². The molecule has 122 valence electrons. The van der Waals surface area contributed by atoms with Crippen LogP contribution in [0.5, 0.6) is 5.75 Å². The molecule has 4 heteroatoms. The minimum Gasteiger partial charge on any atom is -0.490 e. The molecule has 0 bridgehead atoms. The zero-order valence-electron chi connectivity index (χ0n) is 13.9. The number of hydrogen-bond donors (Lipinski definition) is 2. The Bertz CT molecular complexity index is 469. The first-order valence-electron chi connectivity index (χ1n) is 8.52. The van der Waals surface area contributed by atoms with Crippen LogP contribution in [-0.4, -0.2) is 25.7 Å². The van der Waals surface area contributed by atoms with Gasteiger partial charge in [-0.2, -0.15) is 0 Å². The lowest BCUT2D eigenvalue weighted by atomic mass is 9.96. The molecule has 1 aliphatic carbocycles. The van der Waals surface area contributed by atoms with Crippen molar-refractivity contribution in [3.8, 4) is 5.75 Å². The van der Waals surface area contributed by atoms with Crippen LogP contribution in [0, 0.1) is 0 Å². The maximum Gasteiger partial charge on any atom is 0.191 e. The monoisotopic (exact) mass is 303 g/mol. The van der Waals surface area contributed by atoms with Gasteiger partial charge in [0.1, 0.15) is 5.75 Å². The van der Waals surface area contributed by atoms with E-state index in [-0.39, 0.29) is 0 Å². The number of aliphatic imine (C=N–C) groups is 1. The summed E-state index contributed by atoms with van der Waals surface area (Å²) in [5, 5.41) is 6.73. The van der Waals surface area contributed by atoms with Crippen molar-refractivity contribution in [2.75, 3.05) is 13.6 Å². The van der Waals surface area contributed by atoms with Gasteiger partial charge in [0, 0.05) is 25.7 Å². The molecule has 0 radical (unpaired) electrons. The van der Waals surface area contributed by atoms with Crippen LogP contribution < -0.4 is 15.4 Å². The van der Waals surface area contributed by atoms with Crippen LogP contribution in [0.25, 0.3) is 0 Å². The lowest BCUT2D eigenvalue weighted by Crippen LogP contribution is -2.37. The van der Waals surface area contributed by atoms with E-state index in [1.807, 2.05) is 13.1 Å². The minimum atomic E-state index is 0.410. The number of benzene rings is 1. The van der Waals surface area contributed by atoms with E-state index >= 15 is 0 Å². The topological polar surface area (TPSA) is 45.7 Å². The molecule has 0 amide bonds. The second-order valence-corrected chi connectivity index (χ2v) is 5.84. The minimum absolute atomic E-state index is 0.410. The van der Waals surface area contributed by atoms with Gasteiger partial charge in [0.15, 0.2) is 5.96 Å². The molecule has 0 saturated heterocycles. The first-order chi connectivity index (χ1) is 10.8. The van der Waals surface area contributed by atoms with Gasteiger partial charge in [0.2, 0.25) is 0 Å². The van der Waals surface area contributed by atoms with Crippen LogP contribution in [0.15, 0.2) is 29.3 Å². The molecule has 0 heterocycles. The third kappa shape index (κ3) is 5.24. The largest absolute Gasteiger partial charge is 0.490 e. The van der Waals surface area contributed by atoms with Crippen molar-refractivity contribution in [2.45, 2.75) is 58.1 Å². The van der Waals surface area contributed by atoms with Gasteiger partial charge in [-0.1, -0.05) is 38.0 Å². The number of unbranched alkanes of at least 4 members (excludes halogenated alkanes) is 2. The highest BCUT2D eigenvalue weighted by molar-refractivity contribution is 5.79. The lowest BCUT2D eigenvalue weighted by molar-refractivity contribution is 0.119. The van der Waals surface area contributed by atoms with E-state index < -0.39 is 0 Å². The van der Waals surface area contributed by atoms with Gasteiger partial charge in [0.25, 0.3) is 0 Å². The zero-order chi connectivity index (χ0) is 15.6. The average molecular weight is 303 g/mol. The number of ether oxygens (including phenoxy) is 1. The van der Waals surface area contributed by atoms with Crippen LogP contribution in [-0.2, 0) is 6.54 Å². The molecule has 1 saturated carbocycles. The van der Waals surface area contributed by atoms with E-state index in [1.165, 1.54) is 44.1 Å². The van der Waals surface area contributed by atoms with E-state index in [0.717, 1.165) is 24.8 Å². The Morgan fingerprint density at radius 2 is 2.05 bits per heavy atom. The summed E-state index contributed by atoms with van der Waals surface area (Å²) in [7, 11) is 1.81. The fraction of sp³-hybridized carbons (Fsp3) is 0.611. The van der Waals surface area contributed by atoms with Crippen LogP contribution in [0.2, 0.25) is 0 Å². The highest BCUT2D eigenvalue weighted by Gasteiger charge is 2.20. The predicted octanol–water partition coefficient (Wildman–Crippen LogP) is 3.47. The number of nitrogens with zero attached hydrogens (tertiary/aromatic N) is 1. The summed E-state index contributed by atoms with van der Waals surface area (Å²) in [5.74, 6) is 1.86. The Morgan fingerprint density at radius 1 is 1.23 bits per heavy atom. The van der Waals surface area contributed by atoms with E-state index in [4.69, 9.17) is 4.74 Å². The zero-order valence-corrected chi connectivity index (χ0v) is 13.9. The second-order valence-electron chi connectivity index (χ2n) is 5.84. The summed E-state index contributed by atoms with van der Waals surface area (Å²) in [6.07, 6.45) is 7.73. The van der Waals surface area contributed by atoms with Crippen molar-refractivity contribution in [1.29, 1.82) is 0 Å². The van der Waals surface area contributed by atoms with Crippen molar-refractivity contribution in [2.24, 2.45) is 4.99 Å². The molecule has 22 heavy (non-hydrogen) atoms. The molecule has 2 rings (SSSR count). The molecular formula is C18H29N3O. The van der Waals surface area contributed by atoms with Gasteiger partial charge in [0.05, 0.1) is 6.10 Å². The second kappa shape index (κ2) is 9.34. The predicted molar refractivity (Wildman–Crippen MR) is 92.4 cm³/mol. The summed E-state index contributed by atoms with van der Waals surface area (Å²) in [5.41, 5.74) is 1.19. The molecule has 1 fully saturated rings. The van der Waals surface area contributed by atoms with E-state index in [2.05, 4.69) is 40.7 Å². The Balaban J connectivity index is 1.81. The fourth-order valence-corrected chi connectivity index (χ4v) is 2.41. The highest BCUT2D eigenvalue weighted by Crippen LogP contribution is 2.27. The Labute approximate surface area is 134 Å². The summed E-state index contributed by atoms with van der Waals surface area (Å²) in [6.45, 7) is 3.91. The van der Waals surface area contributed by atoms with Gasteiger partial charge in [-0.25, -0.2) is 0 Å². The third-order valence-corrected chi connectivity index (χ3v) is 4.06. The molecule has 0 unspecified atom stereocenters.